The smallest absolute Gasteiger partial charge is 0.143 e. The molecule has 0 saturated carbocycles. The van der Waals surface area contributed by atoms with Crippen molar-refractivity contribution >= 4 is 78.0 Å². The van der Waals surface area contributed by atoms with Crippen LogP contribution in [-0.4, -0.2) is 0 Å². The number of benzene rings is 18. The van der Waals surface area contributed by atoms with Crippen molar-refractivity contribution in [3.63, 3.8) is 0 Å². The maximum atomic E-state index is 6.64. The van der Waals surface area contributed by atoms with E-state index in [0.717, 1.165) is 123 Å². The predicted octanol–water partition coefficient (Wildman–Crippen LogP) is 31.6. The summed E-state index contributed by atoms with van der Waals surface area (Å²) in [5, 5.41) is 4.49. The molecule has 2 heterocycles. The molecule has 2 aromatic heterocycles. The Balaban J connectivity index is 0.580. The van der Waals surface area contributed by atoms with E-state index >= 15 is 0 Å². The lowest BCUT2D eigenvalue weighted by Gasteiger charge is -2.34. The number of nitrogens with zero attached hydrogens (tertiary/aromatic N) is 2. The Morgan fingerprint density at radius 3 is 1.03 bits per heavy atom. The Labute approximate surface area is 711 Å². The number of hydrogen-bond acceptors (Lipinski definition) is 4. The first-order valence-electron chi connectivity index (χ1n) is 42.8. The van der Waals surface area contributed by atoms with Gasteiger partial charge in [0.25, 0.3) is 0 Å². The van der Waals surface area contributed by atoms with Gasteiger partial charge in [-0.3, -0.25) is 0 Å². The third-order valence-electron chi connectivity index (χ3n) is 27.3. The minimum Gasteiger partial charge on any atom is -0.455 e. The summed E-state index contributed by atoms with van der Waals surface area (Å²) in [7, 11) is 0. The van der Waals surface area contributed by atoms with Gasteiger partial charge in [0, 0.05) is 66.7 Å². The maximum Gasteiger partial charge on any atom is 0.143 e. The van der Waals surface area contributed by atoms with Crippen LogP contribution in [0.4, 0.5) is 34.1 Å². The first-order valence-corrected chi connectivity index (χ1v) is 42.8. The molecule has 4 nitrogen and oxygen atoms in total. The standard InChI is InChI=1S/C118H84N2O2/c1-115(2,3)80-55-65-94-96-67-63-85(71-108(96)117(106(94)69-80)102-38-16-9-28-90(102)91-29-10-17-39-103(91)117)119(83-59-51-78(52-60-83)88-34-23-36-100-98-32-14-21-43-111(98)121-113(88)100)82-57-49-76(50-58-82)75-47-45-74(46-48-75)73-116(4,5)81-56-66-95-97-68-64-86(72-109(97)118(107(95)70-81)104-40-18-11-30-92(104)93-31-12-19-41-105(93)118)120(110-42-20-13-27-87(110)77-25-7-6-8-26-77)84-61-53-79(54-62-84)89-35-24-37-101-99-33-15-22-44-112(99)122-114(89)101/h6-72H,73H2,1-5H3. The van der Waals surface area contributed by atoms with E-state index in [0.29, 0.717) is 0 Å². The molecule has 4 aliphatic carbocycles. The number of fused-ring (bicyclic) bond motifs is 26. The summed E-state index contributed by atoms with van der Waals surface area (Å²) in [6, 6.07) is 152. The fourth-order valence-corrected chi connectivity index (χ4v) is 21.6. The van der Waals surface area contributed by atoms with E-state index in [9.17, 15) is 0 Å². The molecule has 0 bridgehead atoms. The molecule has 0 aliphatic heterocycles. The third kappa shape index (κ3) is 10.7. The lowest BCUT2D eigenvalue weighted by Crippen LogP contribution is -2.27. The van der Waals surface area contributed by atoms with Crippen LogP contribution in [0.1, 0.15) is 95.8 Å². The highest BCUT2D eigenvalue weighted by Crippen LogP contribution is 2.66. The normalized spacial score (nSPS) is 13.5. The Kier molecular flexibility index (Phi) is 15.8. The van der Waals surface area contributed by atoms with Gasteiger partial charge in [0.1, 0.15) is 22.3 Å². The first-order chi connectivity index (χ1) is 59.8. The van der Waals surface area contributed by atoms with Gasteiger partial charge in [-0.25, -0.2) is 0 Å². The summed E-state index contributed by atoms with van der Waals surface area (Å²) >= 11 is 0. The molecule has 0 atom stereocenters. The van der Waals surface area contributed by atoms with Crippen LogP contribution in [0.15, 0.2) is 415 Å². The fraction of sp³-hybridized carbons (Fsp3) is 0.0847. The highest BCUT2D eigenvalue weighted by Gasteiger charge is 2.54. The van der Waals surface area contributed by atoms with Gasteiger partial charge >= 0.3 is 0 Å². The number of para-hydroxylation sites is 5. The summed E-state index contributed by atoms with van der Waals surface area (Å²) in [6.45, 7) is 11.9. The van der Waals surface area contributed by atoms with Crippen molar-refractivity contribution in [1.82, 2.24) is 0 Å². The Morgan fingerprint density at radius 2 is 0.557 bits per heavy atom. The number of hydrogen-bond donors (Lipinski definition) is 0. The van der Waals surface area contributed by atoms with Crippen molar-refractivity contribution < 1.29 is 8.83 Å². The van der Waals surface area contributed by atoms with Crippen molar-refractivity contribution in [1.29, 1.82) is 0 Å². The van der Waals surface area contributed by atoms with Gasteiger partial charge in [-0.1, -0.05) is 362 Å². The van der Waals surface area contributed by atoms with Crippen LogP contribution in [0, 0.1) is 0 Å². The van der Waals surface area contributed by atoms with Gasteiger partial charge in [0.05, 0.1) is 16.5 Å². The van der Waals surface area contributed by atoms with Gasteiger partial charge in [0.15, 0.2) is 0 Å². The first kappa shape index (κ1) is 71.3. The van der Waals surface area contributed by atoms with Crippen molar-refractivity contribution in [3.8, 4) is 89.0 Å². The predicted molar refractivity (Wildman–Crippen MR) is 507 cm³/mol. The van der Waals surface area contributed by atoms with Crippen molar-refractivity contribution in [2.24, 2.45) is 0 Å². The molecule has 578 valence electrons. The lowest BCUT2D eigenvalue weighted by atomic mass is 9.69. The van der Waals surface area contributed by atoms with E-state index in [1.54, 1.807) is 0 Å². The van der Waals surface area contributed by atoms with Crippen LogP contribution in [0.3, 0.4) is 0 Å². The quantitative estimate of drug-likeness (QED) is 0.115. The SMILES string of the molecule is CC(C)(C)c1ccc2c(c1)C1(c3ccccc3-c3ccccc31)c1cc(N(c3ccc(-c4ccc(CC(C)(C)c5ccc6c(c5)C5(c7ccccc7-c7ccccc75)c5cc(N(c7ccc(-c8cccc9c8oc8ccccc89)cc7)c7ccccc7-c7ccccc7)ccc5-6)cc4)cc3)c3ccc(-c4cccc5c4oc4ccccc45)cc3)ccc1-2. The van der Waals surface area contributed by atoms with Crippen molar-refractivity contribution in [3.05, 3.63) is 468 Å². The average molecular weight is 1560 g/mol. The van der Waals surface area contributed by atoms with E-state index in [1.165, 1.54) is 111 Å². The maximum absolute atomic E-state index is 6.64. The Hall–Kier alpha value is -14.8. The molecule has 0 N–H and O–H groups in total. The summed E-state index contributed by atoms with van der Waals surface area (Å²) < 4.78 is 13.3. The van der Waals surface area contributed by atoms with Gasteiger partial charge in [-0.05, 0) is 230 Å². The van der Waals surface area contributed by atoms with Crippen LogP contribution in [0.25, 0.3) is 133 Å². The molecule has 4 heteroatoms. The van der Waals surface area contributed by atoms with Gasteiger partial charge in [-0.2, -0.15) is 0 Å². The molecule has 2 spiro atoms. The zero-order chi connectivity index (χ0) is 81.3. The molecule has 0 fully saturated rings. The molecular weight excluding hydrogens is 1480 g/mol. The van der Waals surface area contributed by atoms with E-state index in [2.05, 4.69) is 439 Å². The third-order valence-corrected chi connectivity index (χ3v) is 27.3. The number of furan rings is 2. The number of anilines is 6. The van der Waals surface area contributed by atoms with Crippen molar-refractivity contribution in [2.45, 2.75) is 62.7 Å². The van der Waals surface area contributed by atoms with Gasteiger partial charge in [-0.15, -0.1) is 0 Å². The van der Waals surface area contributed by atoms with Crippen LogP contribution >= 0.6 is 0 Å². The average Bonchev–Trinajstić information content (AvgIpc) is 1.51. The second-order valence-corrected chi connectivity index (χ2v) is 35.4. The highest BCUT2D eigenvalue weighted by molar-refractivity contribution is 6.11. The van der Waals surface area contributed by atoms with E-state index < -0.39 is 10.8 Å². The summed E-state index contributed by atoms with van der Waals surface area (Å²) in [4.78, 5) is 4.94. The van der Waals surface area contributed by atoms with Crippen LogP contribution in [0.2, 0.25) is 0 Å². The zero-order valence-electron chi connectivity index (χ0n) is 68.6. The molecule has 122 heavy (non-hydrogen) atoms. The molecule has 0 amide bonds. The molecule has 0 saturated heterocycles. The fourth-order valence-electron chi connectivity index (χ4n) is 21.6. The molecule has 4 aliphatic rings. The second kappa shape index (κ2) is 27.1. The highest BCUT2D eigenvalue weighted by atomic mass is 16.3. The van der Waals surface area contributed by atoms with Gasteiger partial charge < -0.3 is 18.6 Å². The van der Waals surface area contributed by atoms with Crippen LogP contribution in [-0.2, 0) is 28.1 Å². The van der Waals surface area contributed by atoms with E-state index in [1.807, 2.05) is 12.1 Å². The molecule has 20 aromatic rings. The molecule has 0 radical (unpaired) electrons. The van der Waals surface area contributed by atoms with E-state index in [-0.39, 0.29) is 10.8 Å². The summed E-state index contributed by atoms with van der Waals surface area (Å²) in [6.07, 6.45) is 0.841. The lowest BCUT2D eigenvalue weighted by molar-refractivity contribution is 0.521. The largest absolute Gasteiger partial charge is 0.455 e. The van der Waals surface area contributed by atoms with Gasteiger partial charge in [0.2, 0.25) is 0 Å². The molecular formula is C118H84N2O2. The monoisotopic (exact) mass is 1560 g/mol. The molecule has 0 unspecified atom stereocenters. The van der Waals surface area contributed by atoms with Crippen LogP contribution in [0.5, 0.6) is 0 Å². The van der Waals surface area contributed by atoms with Crippen LogP contribution < -0.4 is 9.80 Å². The topological polar surface area (TPSA) is 32.8 Å². The summed E-state index contributed by atoms with van der Waals surface area (Å²) in [5.41, 5.74) is 42.2. The minimum absolute atomic E-state index is 0.0516. The Morgan fingerprint density at radius 1 is 0.230 bits per heavy atom. The zero-order valence-corrected chi connectivity index (χ0v) is 68.6. The number of rotatable bonds is 13. The van der Waals surface area contributed by atoms with E-state index in [4.69, 9.17) is 8.83 Å². The Bertz CT molecular complexity index is 7570. The second-order valence-electron chi connectivity index (χ2n) is 35.4. The molecule has 24 rings (SSSR count). The minimum atomic E-state index is -0.617. The molecule has 18 aromatic carbocycles. The van der Waals surface area contributed by atoms with Crippen molar-refractivity contribution in [2.75, 3.05) is 9.80 Å². The summed E-state index contributed by atoms with van der Waals surface area (Å²) in [5.74, 6) is 0.